The molecule has 1 N–H and O–H groups in total. The Hall–Kier alpha value is -0.780. The molecule has 1 unspecified atom stereocenters. The number of hydrogen-bond donors (Lipinski definition) is 1. The summed E-state index contributed by atoms with van der Waals surface area (Å²) in [4.78, 5) is 2.33. The Morgan fingerprint density at radius 2 is 2.13 bits per heavy atom. The molecule has 82 valence electrons. The molecule has 0 saturated carbocycles. The Kier molecular flexibility index (Phi) is 3.96. The van der Waals surface area contributed by atoms with Gasteiger partial charge in [0.05, 0.1) is 6.10 Å². The molecule has 1 aromatic rings. The number of aliphatic hydroxyl groups is 1. The highest BCUT2D eigenvalue weighted by atomic mass is 32.1. The summed E-state index contributed by atoms with van der Waals surface area (Å²) in [5.41, 5.74) is 0.161. The summed E-state index contributed by atoms with van der Waals surface area (Å²) in [6.45, 7) is 6.53. The Morgan fingerprint density at radius 1 is 1.47 bits per heavy atom. The fourth-order valence-electron chi connectivity index (χ4n) is 1.30. The van der Waals surface area contributed by atoms with Crippen molar-refractivity contribution in [3.63, 3.8) is 0 Å². The Morgan fingerprint density at radius 3 is 2.60 bits per heavy atom. The van der Waals surface area contributed by atoms with Gasteiger partial charge < -0.3 is 5.11 Å². The van der Waals surface area contributed by atoms with Crippen molar-refractivity contribution in [3.05, 3.63) is 21.9 Å². The summed E-state index contributed by atoms with van der Waals surface area (Å²) in [5, 5.41) is 9.85. The molecule has 0 aliphatic carbocycles. The van der Waals surface area contributed by atoms with Crippen LogP contribution in [0.1, 0.15) is 49.5 Å². The first-order chi connectivity index (χ1) is 6.95. The Balaban J connectivity index is 2.72. The van der Waals surface area contributed by atoms with Gasteiger partial charge in [0.25, 0.3) is 0 Å². The predicted octanol–water partition coefficient (Wildman–Crippen LogP) is 3.49. The maximum Gasteiger partial charge on any atom is 0.0891 e. The monoisotopic (exact) mass is 222 g/mol. The summed E-state index contributed by atoms with van der Waals surface area (Å²) in [6.07, 6.45) is 6.05. The summed E-state index contributed by atoms with van der Waals surface area (Å²) < 4.78 is 0. The first-order valence-corrected chi connectivity index (χ1v) is 5.98. The third-order valence-electron chi connectivity index (χ3n) is 2.26. The van der Waals surface area contributed by atoms with Crippen LogP contribution in [-0.4, -0.2) is 5.11 Å². The van der Waals surface area contributed by atoms with Crippen LogP contribution in [0.5, 0.6) is 0 Å². The molecule has 0 spiro atoms. The quantitative estimate of drug-likeness (QED) is 0.776. The van der Waals surface area contributed by atoms with Crippen molar-refractivity contribution in [2.75, 3.05) is 0 Å². The van der Waals surface area contributed by atoms with Crippen LogP contribution in [-0.2, 0) is 5.41 Å². The SMILES string of the molecule is C#CCCC(O)c1ccc(C(C)(C)C)s1. The van der Waals surface area contributed by atoms with Gasteiger partial charge in [-0.05, 0) is 24.0 Å². The van der Waals surface area contributed by atoms with Crippen LogP contribution in [0, 0.1) is 12.3 Å². The molecule has 0 aliphatic heterocycles. The van der Waals surface area contributed by atoms with Gasteiger partial charge in [0.1, 0.15) is 0 Å². The largest absolute Gasteiger partial charge is 0.388 e. The number of aliphatic hydroxyl groups excluding tert-OH is 1. The summed E-state index contributed by atoms with van der Waals surface area (Å²) >= 11 is 1.68. The van der Waals surface area contributed by atoms with Gasteiger partial charge in [0.15, 0.2) is 0 Å². The van der Waals surface area contributed by atoms with Gasteiger partial charge in [-0.2, -0.15) is 0 Å². The number of thiophene rings is 1. The van der Waals surface area contributed by atoms with E-state index in [0.717, 1.165) is 4.88 Å². The number of rotatable bonds is 3. The van der Waals surface area contributed by atoms with Crippen LogP contribution in [0.4, 0.5) is 0 Å². The number of terminal acetylenes is 1. The van der Waals surface area contributed by atoms with Gasteiger partial charge in [-0.25, -0.2) is 0 Å². The average Bonchev–Trinajstić information content (AvgIpc) is 2.62. The second-order valence-corrected chi connectivity index (χ2v) is 5.83. The molecule has 1 atom stereocenters. The fraction of sp³-hybridized carbons (Fsp3) is 0.538. The van der Waals surface area contributed by atoms with E-state index < -0.39 is 6.10 Å². The zero-order chi connectivity index (χ0) is 11.5. The van der Waals surface area contributed by atoms with E-state index in [1.807, 2.05) is 6.07 Å². The highest BCUT2D eigenvalue weighted by Gasteiger charge is 2.18. The van der Waals surface area contributed by atoms with Crippen LogP contribution in [0.2, 0.25) is 0 Å². The van der Waals surface area contributed by atoms with Gasteiger partial charge >= 0.3 is 0 Å². The molecule has 0 radical (unpaired) electrons. The Labute approximate surface area is 96.1 Å². The van der Waals surface area contributed by atoms with Crippen LogP contribution in [0.3, 0.4) is 0 Å². The summed E-state index contributed by atoms with van der Waals surface area (Å²) in [6, 6.07) is 4.10. The van der Waals surface area contributed by atoms with Crippen LogP contribution < -0.4 is 0 Å². The number of hydrogen-bond acceptors (Lipinski definition) is 2. The van der Waals surface area contributed by atoms with E-state index in [0.29, 0.717) is 12.8 Å². The van der Waals surface area contributed by atoms with Crippen molar-refractivity contribution in [1.29, 1.82) is 0 Å². The first kappa shape index (κ1) is 12.3. The molecule has 1 heterocycles. The van der Waals surface area contributed by atoms with E-state index in [1.165, 1.54) is 4.88 Å². The lowest BCUT2D eigenvalue weighted by Crippen LogP contribution is -2.07. The zero-order valence-electron chi connectivity index (χ0n) is 9.58. The van der Waals surface area contributed by atoms with Crippen LogP contribution in [0.25, 0.3) is 0 Å². The third-order valence-corrected chi connectivity index (χ3v) is 3.87. The topological polar surface area (TPSA) is 20.2 Å². The van der Waals surface area contributed by atoms with E-state index in [2.05, 4.69) is 32.8 Å². The molecule has 2 heteroatoms. The minimum atomic E-state index is -0.401. The van der Waals surface area contributed by atoms with Crippen molar-refractivity contribution in [2.45, 2.75) is 45.1 Å². The van der Waals surface area contributed by atoms with Crippen LogP contribution >= 0.6 is 11.3 Å². The fourth-order valence-corrected chi connectivity index (χ4v) is 2.38. The van der Waals surface area contributed by atoms with Gasteiger partial charge in [0, 0.05) is 16.2 Å². The maximum absolute atomic E-state index is 9.85. The lowest BCUT2D eigenvalue weighted by molar-refractivity contribution is 0.173. The van der Waals surface area contributed by atoms with Gasteiger partial charge in [-0.1, -0.05) is 20.8 Å². The normalized spacial score (nSPS) is 13.5. The molecule has 1 rings (SSSR count). The first-order valence-electron chi connectivity index (χ1n) is 5.17. The van der Waals surface area contributed by atoms with Crippen molar-refractivity contribution in [3.8, 4) is 12.3 Å². The molecule has 0 aromatic carbocycles. The molecule has 0 bridgehead atoms. The average molecular weight is 222 g/mol. The van der Waals surface area contributed by atoms with Crippen LogP contribution in [0.15, 0.2) is 12.1 Å². The highest BCUT2D eigenvalue weighted by molar-refractivity contribution is 7.12. The molecular weight excluding hydrogens is 204 g/mol. The minimum absolute atomic E-state index is 0.161. The molecule has 0 aliphatic rings. The molecule has 0 saturated heterocycles. The van der Waals surface area contributed by atoms with Gasteiger partial charge in [0.2, 0.25) is 0 Å². The van der Waals surface area contributed by atoms with Crippen molar-refractivity contribution >= 4 is 11.3 Å². The smallest absolute Gasteiger partial charge is 0.0891 e. The van der Waals surface area contributed by atoms with Crippen molar-refractivity contribution < 1.29 is 5.11 Å². The van der Waals surface area contributed by atoms with Crippen molar-refractivity contribution in [2.24, 2.45) is 0 Å². The minimum Gasteiger partial charge on any atom is -0.388 e. The van der Waals surface area contributed by atoms with E-state index in [4.69, 9.17) is 6.42 Å². The van der Waals surface area contributed by atoms with E-state index in [9.17, 15) is 5.11 Å². The molecule has 0 amide bonds. The lowest BCUT2D eigenvalue weighted by Gasteiger charge is -2.15. The lowest BCUT2D eigenvalue weighted by atomic mass is 9.95. The summed E-state index contributed by atoms with van der Waals surface area (Å²) in [5.74, 6) is 2.55. The summed E-state index contributed by atoms with van der Waals surface area (Å²) in [7, 11) is 0. The molecular formula is C13H18OS. The molecule has 0 fully saturated rings. The van der Waals surface area contributed by atoms with Gasteiger partial charge in [-0.15, -0.1) is 23.7 Å². The van der Waals surface area contributed by atoms with Crippen molar-refractivity contribution in [1.82, 2.24) is 0 Å². The Bertz CT molecular complexity index is 351. The van der Waals surface area contributed by atoms with E-state index in [1.54, 1.807) is 11.3 Å². The third kappa shape index (κ3) is 3.37. The standard InChI is InChI=1S/C13H18OS/c1-5-6-7-10(14)11-8-9-12(15-11)13(2,3)4/h1,8-10,14H,6-7H2,2-4H3. The zero-order valence-corrected chi connectivity index (χ0v) is 10.4. The predicted molar refractivity (Wildman–Crippen MR) is 66.0 cm³/mol. The molecule has 15 heavy (non-hydrogen) atoms. The second kappa shape index (κ2) is 4.83. The molecule has 1 aromatic heterocycles. The van der Waals surface area contributed by atoms with E-state index in [-0.39, 0.29) is 5.41 Å². The maximum atomic E-state index is 9.85. The highest BCUT2D eigenvalue weighted by Crippen LogP contribution is 2.33. The second-order valence-electron chi connectivity index (χ2n) is 4.71. The molecule has 1 nitrogen and oxygen atoms in total. The van der Waals surface area contributed by atoms with E-state index >= 15 is 0 Å². The van der Waals surface area contributed by atoms with Gasteiger partial charge in [-0.3, -0.25) is 0 Å².